The van der Waals surface area contributed by atoms with Crippen molar-refractivity contribution < 1.29 is 28.8 Å². The molecule has 6 atom stereocenters. The SMILES string of the molecule is CCCNC(=O)C(=O)C(CCC)NC(=O)[C@@H]1[C@@H]2[C@H](CN1C(=O)[C@@H](NC(=O)N[C@H](C(=O)C1CC1)C1CCCCC1)C(C)(C)C)C2(C)C. The molecule has 3 aliphatic carbocycles. The summed E-state index contributed by atoms with van der Waals surface area (Å²) in [4.78, 5) is 82.1. The number of rotatable bonds is 14. The van der Waals surface area contributed by atoms with Crippen LogP contribution in [0.3, 0.4) is 0 Å². The Hall–Kier alpha value is -2.98. The summed E-state index contributed by atoms with van der Waals surface area (Å²) in [6.07, 6.45) is 8.30. The van der Waals surface area contributed by atoms with Gasteiger partial charge in [0.25, 0.3) is 5.91 Å². The summed E-state index contributed by atoms with van der Waals surface area (Å²) in [5.74, 6) is -2.04. The molecule has 4 rings (SSSR count). The molecular weight excluding hydrogens is 586 g/mol. The van der Waals surface area contributed by atoms with E-state index in [2.05, 4.69) is 35.1 Å². The third-order valence-corrected chi connectivity index (χ3v) is 10.8. The monoisotopic (exact) mass is 643 g/mol. The molecule has 0 radical (unpaired) electrons. The topological polar surface area (TPSA) is 154 Å². The van der Waals surface area contributed by atoms with E-state index in [4.69, 9.17) is 0 Å². The average molecular weight is 644 g/mol. The summed E-state index contributed by atoms with van der Waals surface area (Å²) in [6, 6.07) is -3.89. The van der Waals surface area contributed by atoms with E-state index in [0.717, 1.165) is 44.9 Å². The first-order valence-electron chi connectivity index (χ1n) is 17.7. The van der Waals surface area contributed by atoms with Crippen molar-refractivity contribution in [1.29, 1.82) is 0 Å². The zero-order chi connectivity index (χ0) is 34.0. The first-order chi connectivity index (χ1) is 21.6. The summed E-state index contributed by atoms with van der Waals surface area (Å²) in [6.45, 7) is 14.2. The number of nitrogens with one attached hydrogen (secondary N) is 4. The third-order valence-electron chi connectivity index (χ3n) is 10.8. The molecule has 258 valence electrons. The van der Waals surface area contributed by atoms with E-state index in [9.17, 15) is 28.8 Å². The van der Waals surface area contributed by atoms with Crippen molar-refractivity contribution in [3.05, 3.63) is 0 Å². The lowest BCUT2D eigenvalue weighted by atomic mass is 9.81. The van der Waals surface area contributed by atoms with Crippen molar-refractivity contribution in [1.82, 2.24) is 26.2 Å². The van der Waals surface area contributed by atoms with Crippen LogP contribution in [0.4, 0.5) is 4.79 Å². The van der Waals surface area contributed by atoms with Crippen molar-refractivity contribution >= 4 is 35.3 Å². The van der Waals surface area contributed by atoms with Crippen LogP contribution in [0, 0.1) is 34.5 Å². The fourth-order valence-corrected chi connectivity index (χ4v) is 7.75. The van der Waals surface area contributed by atoms with E-state index in [0.29, 0.717) is 32.4 Å². The van der Waals surface area contributed by atoms with Gasteiger partial charge in [0.1, 0.15) is 12.1 Å². The number of hydrogen-bond donors (Lipinski definition) is 4. The highest BCUT2D eigenvalue weighted by Gasteiger charge is 2.70. The molecule has 46 heavy (non-hydrogen) atoms. The Labute approximate surface area is 274 Å². The first kappa shape index (κ1) is 35.9. The van der Waals surface area contributed by atoms with E-state index in [-0.39, 0.29) is 40.8 Å². The number of hydrogen-bond acceptors (Lipinski definition) is 6. The van der Waals surface area contributed by atoms with Crippen LogP contribution in [0.1, 0.15) is 113 Å². The van der Waals surface area contributed by atoms with Crippen molar-refractivity contribution in [2.75, 3.05) is 13.1 Å². The predicted octanol–water partition coefficient (Wildman–Crippen LogP) is 3.49. The van der Waals surface area contributed by atoms with Gasteiger partial charge in [-0.15, -0.1) is 0 Å². The van der Waals surface area contributed by atoms with Gasteiger partial charge in [0.15, 0.2) is 5.78 Å². The zero-order valence-electron chi connectivity index (χ0n) is 29.0. The average Bonchev–Trinajstić information content (AvgIpc) is 3.89. The Balaban J connectivity index is 1.51. The Morgan fingerprint density at radius 1 is 0.870 bits per heavy atom. The molecule has 11 nitrogen and oxygen atoms in total. The van der Waals surface area contributed by atoms with Gasteiger partial charge in [-0.05, 0) is 67.1 Å². The molecule has 4 fully saturated rings. The minimum Gasteiger partial charge on any atom is -0.349 e. The largest absolute Gasteiger partial charge is 0.349 e. The van der Waals surface area contributed by atoms with Gasteiger partial charge in [-0.2, -0.15) is 0 Å². The fourth-order valence-electron chi connectivity index (χ4n) is 7.75. The summed E-state index contributed by atoms with van der Waals surface area (Å²) >= 11 is 0. The van der Waals surface area contributed by atoms with E-state index in [1.165, 1.54) is 0 Å². The Bertz CT molecular complexity index is 1180. The molecule has 0 aromatic heterocycles. The van der Waals surface area contributed by atoms with Crippen LogP contribution >= 0.6 is 0 Å². The molecule has 4 aliphatic rings. The van der Waals surface area contributed by atoms with Crippen LogP contribution in [0.2, 0.25) is 0 Å². The number of likely N-dealkylation sites (tertiary alicyclic amines) is 1. The highest BCUT2D eigenvalue weighted by atomic mass is 16.2. The highest BCUT2D eigenvalue weighted by molar-refractivity contribution is 6.38. The maximum atomic E-state index is 14.3. The Morgan fingerprint density at radius 3 is 2.09 bits per heavy atom. The van der Waals surface area contributed by atoms with Crippen molar-refractivity contribution in [3.63, 3.8) is 0 Å². The second kappa shape index (κ2) is 14.4. The zero-order valence-corrected chi connectivity index (χ0v) is 29.0. The van der Waals surface area contributed by atoms with E-state index < -0.39 is 53.2 Å². The summed E-state index contributed by atoms with van der Waals surface area (Å²) < 4.78 is 0. The lowest BCUT2D eigenvalue weighted by Gasteiger charge is -2.38. The molecular formula is C35H57N5O6. The quantitative estimate of drug-likeness (QED) is 0.213. The van der Waals surface area contributed by atoms with Crippen LogP contribution < -0.4 is 21.3 Å². The molecule has 0 aromatic carbocycles. The minimum absolute atomic E-state index is 0.00681. The van der Waals surface area contributed by atoms with Crippen molar-refractivity contribution in [2.24, 2.45) is 34.5 Å². The predicted molar refractivity (Wildman–Crippen MR) is 174 cm³/mol. The molecule has 1 unspecified atom stereocenters. The number of nitrogens with zero attached hydrogens (tertiary/aromatic N) is 1. The molecule has 1 aliphatic heterocycles. The number of carbonyl (C=O) groups excluding carboxylic acids is 6. The van der Waals surface area contributed by atoms with Gasteiger partial charge >= 0.3 is 6.03 Å². The summed E-state index contributed by atoms with van der Waals surface area (Å²) in [5.41, 5.74) is -0.864. The number of carbonyl (C=O) groups is 6. The Morgan fingerprint density at radius 2 is 1.52 bits per heavy atom. The summed E-state index contributed by atoms with van der Waals surface area (Å²) in [5, 5.41) is 11.3. The van der Waals surface area contributed by atoms with Gasteiger partial charge in [-0.3, -0.25) is 24.0 Å². The van der Waals surface area contributed by atoms with E-state index >= 15 is 0 Å². The van der Waals surface area contributed by atoms with Gasteiger partial charge in [0.2, 0.25) is 17.6 Å². The molecule has 0 bridgehead atoms. The van der Waals surface area contributed by atoms with Gasteiger partial charge in [0.05, 0.1) is 12.1 Å². The standard InChI is InChI=1S/C35H57N5O6/c1-8-13-23(28(42)31(44)36-18-9-2)37-30(43)26-24-22(35(24,6)7)19-40(26)32(45)29(34(3,4)5)39-33(46)38-25(27(41)21-16-17-21)20-14-11-10-12-15-20/h20-26,29H,8-19H2,1-7H3,(H,36,44)(H,37,43)(H2,38,39,46)/t22-,23?,24-,25-,26-,29+/m0/s1. The second-order valence-electron chi connectivity index (χ2n) is 15.8. The molecule has 5 amide bonds. The lowest BCUT2D eigenvalue weighted by Crippen LogP contribution is -2.62. The van der Waals surface area contributed by atoms with E-state index in [1.807, 2.05) is 34.6 Å². The molecule has 4 N–H and O–H groups in total. The van der Waals surface area contributed by atoms with Crippen LogP contribution in [0.5, 0.6) is 0 Å². The Kier molecular flexibility index (Phi) is 11.2. The molecule has 0 aromatic rings. The summed E-state index contributed by atoms with van der Waals surface area (Å²) in [7, 11) is 0. The number of piperidine rings is 1. The van der Waals surface area contributed by atoms with Crippen LogP contribution in [0.25, 0.3) is 0 Å². The first-order valence-corrected chi connectivity index (χ1v) is 17.7. The number of Topliss-reactive ketones (excluding diaryl/α,β-unsaturated/α-hetero) is 2. The normalized spacial score (nSPS) is 25.8. The van der Waals surface area contributed by atoms with Gasteiger partial charge in [-0.1, -0.05) is 74.1 Å². The third kappa shape index (κ3) is 7.93. The van der Waals surface area contributed by atoms with Gasteiger partial charge in [0, 0.05) is 19.0 Å². The number of fused-ring (bicyclic) bond motifs is 1. The lowest BCUT2D eigenvalue weighted by molar-refractivity contribution is -0.145. The van der Waals surface area contributed by atoms with E-state index in [1.54, 1.807) is 4.90 Å². The highest BCUT2D eigenvalue weighted by Crippen LogP contribution is 2.65. The molecule has 1 heterocycles. The maximum Gasteiger partial charge on any atom is 0.316 e. The van der Waals surface area contributed by atoms with Gasteiger partial charge < -0.3 is 26.2 Å². The van der Waals surface area contributed by atoms with Crippen molar-refractivity contribution in [2.45, 2.75) is 137 Å². The molecule has 0 spiro atoms. The fraction of sp³-hybridized carbons (Fsp3) is 0.829. The van der Waals surface area contributed by atoms with Crippen molar-refractivity contribution in [3.8, 4) is 0 Å². The molecule has 3 saturated carbocycles. The smallest absolute Gasteiger partial charge is 0.316 e. The number of ketones is 2. The second-order valence-corrected chi connectivity index (χ2v) is 15.8. The number of amides is 5. The van der Waals surface area contributed by atoms with Crippen LogP contribution in [-0.2, 0) is 24.0 Å². The van der Waals surface area contributed by atoms with Crippen LogP contribution in [0.15, 0.2) is 0 Å². The molecule has 11 heteroatoms. The van der Waals surface area contributed by atoms with Crippen LogP contribution in [-0.4, -0.2) is 77.5 Å². The van der Waals surface area contributed by atoms with Gasteiger partial charge in [-0.25, -0.2) is 4.79 Å². The minimum atomic E-state index is -0.990. The molecule has 1 saturated heterocycles. The maximum absolute atomic E-state index is 14.3. The number of urea groups is 1.